The number of oxazole rings is 1. The zero-order valence-electron chi connectivity index (χ0n) is 17.7. The van der Waals surface area contributed by atoms with Crippen molar-refractivity contribution in [3.8, 4) is 23.0 Å². The molecular formula is C27H17BrN2O4. The summed E-state index contributed by atoms with van der Waals surface area (Å²) in [6.07, 6.45) is 1.67. The number of phenols is 1. The molecule has 0 saturated heterocycles. The highest BCUT2D eigenvalue weighted by Crippen LogP contribution is 2.34. The van der Waals surface area contributed by atoms with Crippen LogP contribution in [0.1, 0.15) is 15.9 Å². The fourth-order valence-electron chi connectivity index (χ4n) is 3.31. The number of ether oxygens (including phenoxy) is 1. The van der Waals surface area contributed by atoms with E-state index in [4.69, 9.17) is 9.15 Å². The third-order valence-corrected chi connectivity index (χ3v) is 5.51. The zero-order valence-corrected chi connectivity index (χ0v) is 19.3. The van der Waals surface area contributed by atoms with E-state index in [9.17, 15) is 9.90 Å². The quantitative estimate of drug-likeness (QED) is 0.157. The fraction of sp³-hybridized carbons (Fsp3) is 0. The van der Waals surface area contributed by atoms with Crippen molar-refractivity contribution >= 4 is 44.9 Å². The number of fused-ring (bicyclic) bond motifs is 1. The number of aromatic nitrogens is 1. The number of esters is 1. The highest BCUT2D eigenvalue weighted by Gasteiger charge is 2.13. The summed E-state index contributed by atoms with van der Waals surface area (Å²) < 4.78 is 12.0. The molecule has 0 aliphatic rings. The van der Waals surface area contributed by atoms with E-state index in [1.807, 2.05) is 30.3 Å². The van der Waals surface area contributed by atoms with E-state index >= 15 is 0 Å². The number of para-hydroxylation sites is 2. The molecule has 0 saturated carbocycles. The summed E-state index contributed by atoms with van der Waals surface area (Å²) in [4.78, 5) is 21.3. The van der Waals surface area contributed by atoms with Gasteiger partial charge in [-0.1, -0.05) is 46.3 Å². The predicted molar refractivity (Wildman–Crippen MR) is 134 cm³/mol. The van der Waals surface area contributed by atoms with Crippen LogP contribution in [0.15, 0.2) is 105 Å². The lowest BCUT2D eigenvalue weighted by Crippen LogP contribution is -2.08. The number of phenolic OH excluding ortho intramolecular Hbond substituents is 1. The molecule has 1 heterocycles. The van der Waals surface area contributed by atoms with Crippen molar-refractivity contribution < 1.29 is 19.1 Å². The second-order valence-electron chi connectivity index (χ2n) is 7.42. The van der Waals surface area contributed by atoms with Crippen LogP contribution in [0.5, 0.6) is 11.5 Å². The second kappa shape index (κ2) is 9.33. The van der Waals surface area contributed by atoms with Gasteiger partial charge in [0.05, 0.1) is 16.8 Å². The van der Waals surface area contributed by atoms with Crippen molar-refractivity contribution in [3.63, 3.8) is 0 Å². The standard InChI is InChI=1S/C27H17BrN2O4/c28-19-4-3-5-21(14-19)33-27(32)18-10-8-17(9-11-18)16-29-20-12-13-24(31)22(15-20)26-30-23-6-1-2-7-25(23)34-26/h1-16,31H. The van der Waals surface area contributed by atoms with E-state index in [0.29, 0.717) is 39.6 Å². The monoisotopic (exact) mass is 512 g/mol. The van der Waals surface area contributed by atoms with Gasteiger partial charge in [0, 0.05) is 10.7 Å². The van der Waals surface area contributed by atoms with Crippen LogP contribution in [0, 0.1) is 0 Å². The molecule has 34 heavy (non-hydrogen) atoms. The first-order valence-corrected chi connectivity index (χ1v) is 11.2. The molecule has 5 aromatic rings. The fourth-order valence-corrected chi connectivity index (χ4v) is 3.69. The van der Waals surface area contributed by atoms with E-state index in [0.717, 1.165) is 10.0 Å². The molecule has 0 spiro atoms. The number of hydrogen-bond acceptors (Lipinski definition) is 6. The number of benzene rings is 4. The average Bonchev–Trinajstić information content (AvgIpc) is 3.28. The third kappa shape index (κ3) is 4.74. The van der Waals surface area contributed by atoms with Gasteiger partial charge in [0.1, 0.15) is 17.0 Å². The van der Waals surface area contributed by atoms with Gasteiger partial charge in [-0.2, -0.15) is 0 Å². The van der Waals surface area contributed by atoms with Gasteiger partial charge in [-0.15, -0.1) is 0 Å². The number of hydrogen-bond donors (Lipinski definition) is 1. The van der Waals surface area contributed by atoms with Crippen LogP contribution < -0.4 is 4.74 Å². The van der Waals surface area contributed by atoms with E-state index in [1.54, 1.807) is 66.9 Å². The van der Waals surface area contributed by atoms with Crippen LogP contribution in [-0.4, -0.2) is 22.3 Å². The Labute approximate surface area is 203 Å². The van der Waals surface area contributed by atoms with E-state index in [1.165, 1.54) is 0 Å². The topological polar surface area (TPSA) is 84.9 Å². The first kappa shape index (κ1) is 21.6. The minimum Gasteiger partial charge on any atom is -0.507 e. The molecule has 0 atom stereocenters. The highest BCUT2D eigenvalue weighted by atomic mass is 79.9. The number of carbonyl (C=O) groups excluding carboxylic acids is 1. The SMILES string of the molecule is O=C(Oc1cccc(Br)c1)c1ccc(C=Nc2ccc(O)c(-c3nc4ccccc4o3)c2)cc1. The lowest BCUT2D eigenvalue weighted by Gasteiger charge is -2.05. The van der Waals surface area contributed by atoms with Gasteiger partial charge in [-0.3, -0.25) is 4.99 Å². The summed E-state index contributed by atoms with van der Waals surface area (Å²) in [7, 11) is 0. The molecule has 1 N–H and O–H groups in total. The van der Waals surface area contributed by atoms with Crippen LogP contribution in [0.2, 0.25) is 0 Å². The molecule has 166 valence electrons. The highest BCUT2D eigenvalue weighted by molar-refractivity contribution is 9.10. The molecule has 0 bridgehead atoms. The molecule has 5 rings (SSSR count). The second-order valence-corrected chi connectivity index (χ2v) is 8.33. The van der Waals surface area contributed by atoms with E-state index < -0.39 is 5.97 Å². The summed E-state index contributed by atoms with van der Waals surface area (Å²) in [6, 6.07) is 26.4. The van der Waals surface area contributed by atoms with Crippen molar-refractivity contribution in [2.24, 2.45) is 4.99 Å². The van der Waals surface area contributed by atoms with Crippen molar-refractivity contribution in [1.82, 2.24) is 4.98 Å². The molecule has 0 unspecified atom stereocenters. The smallest absolute Gasteiger partial charge is 0.343 e. The van der Waals surface area contributed by atoms with Gasteiger partial charge in [0.25, 0.3) is 0 Å². The minimum atomic E-state index is -0.442. The van der Waals surface area contributed by atoms with Crippen molar-refractivity contribution in [2.75, 3.05) is 0 Å². The van der Waals surface area contributed by atoms with E-state index in [2.05, 4.69) is 25.9 Å². The Morgan fingerprint density at radius 1 is 0.971 bits per heavy atom. The van der Waals surface area contributed by atoms with Crippen LogP contribution in [0.25, 0.3) is 22.6 Å². The van der Waals surface area contributed by atoms with Gasteiger partial charge in [-0.25, -0.2) is 9.78 Å². The first-order chi connectivity index (χ1) is 16.5. The molecule has 4 aromatic carbocycles. The molecule has 0 aliphatic heterocycles. The maximum absolute atomic E-state index is 12.4. The van der Waals surface area contributed by atoms with Crippen LogP contribution >= 0.6 is 15.9 Å². The number of aliphatic imine (C=N–C) groups is 1. The molecule has 0 fully saturated rings. The van der Waals surface area contributed by atoms with Gasteiger partial charge in [0.15, 0.2) is 5.58 Å². The van der Waals surface area contributed by atoms with Gasteiger partial charge in [-0.05, 0) is 66.2 Å². The van der Waals surface area contributed by atoms with Crippen molar-refractivity contribution in [3.05, 3.63) is 107 Å². The van der Waals surface area contributed by atoms with E-state index in [-0.39, 0.29) is 5.75 Å². The van der Waals surface area contributed by atoms with Crippen molar-refractivity contribution in [1.29, 1.82) is 0 Å². The van der Waals surface area contributed by atoms with Crippen molar-refractivity contribution in [2.45, 2.75) is 0 Å². The largest absolute Gasteiger partial charge is 0.507 e. The maximum Gasteiger partial charge on any atom is 0.343 e. The minimum absolute atomic E-state index is 0.0545. The summed E-state index contributed by atoms with van der Waals surface area (Å²) >= 11 is 3.36. The Morgan fingerprint density at radius 3 is 2.59 bits per heavy atom. The summed E-state index contributed by atoms with van der Waals surface area (Å²) in [5.41, 5.74) is 3.66. The van der Waals surface area contributed by atoms with Crippen LogP contribution in [0.4, 0.5) is 5.69 Å². The first-order valence-electron chi connectivity index (χ1n) is 10.4. The lowest BCUT2D eigenvalue weighted by molar-refractivity contribution is 0.0734. The lowest BCUT2D eigenvalue weighted by atomic mass is 10.1. The number of rotatable bonds is 5. The Bertz CT molecular complexity index is 1490. The third-order valence-electron chi connectivity index (χ3n) is 5.02. The summed E-state index contributed by atoms with van der Waals surface area (Å²) in [5.74, 6) is 0.401. The summed E-state index contributed by atoms with van der Waals surface area (Å²) in [6.45, 7) is 0. The van der Waals surface area contributed by atoms with Crippen LogP contribution in [0.3, 0.4) is 0 Å². The molecular weight excluding hydrogens is 496 g/mol. The summed E-state index contributed by atoms with van der Waals surface area (Å²) in [5, 5.41) is 10.3. The van der Waals surface area contributed by atoms with Gasteiger partial charge in [0.2, 0.25) is 5.89 Å². The Hall–Kier alpha value is -4.23. The molecule has 0 amide bonds. The number of aromatic hydroxyl groups is 1. The molecule has 0 aliphatic carbocycles. The number of nitrogens with zero attached hydrogens (tertiary/aromatic N) is 2. The van der Waals surface area contributed by atoms with Gasteiger partial charge < -0.3 is 14.3 Å². The van der Waals surface area contributed by atoms with Gasteiger partial charge >= 0.3 is 5.97 Å². The average molecular weight is 513 g/mol. The predicted octanol–water partition coefficient (Wildman–Crippen LogP) is 6.93. The zero-order chi connectivity index (χ0) is 23.5. The van der Waals surface area contributed by atoms with Crippen LogP contribution in [-0.2, 0) is 0 Å². The molecule has 1 aromatic heterocycles. The Morgan fingerprint density at radius 2 is 1.79 bits per heavy atom. The maximum atomic E-state index is 12.4. The molecule has 7 heteroatoms. The molecule has 0 radical (unpaired) electrons. The Kier molecular flexibility index (Phi) is 5.93. The number of carbonyl (C=O) groups is 1. The Balaban J connectivity index is 1.32. The number of halogens is 1. The molecule has 6 nitrogen and oxygen atoms in total. The normalized spacial score (nSPS) is 11.2.